The number of benzene rings is 2. The zero-order chi connectivity index (χ0) is 16.4. The van der Waals surface area contributed by atoms with Crippen LogP contribution in [-0.2, 0) is 4.79 Å². The summed E-state index contributed by atoms with van der Waals surface area (Å²) >= 11 is 3.46. The lowest BCUT2D eigenvalue weighted by molar-refractivity contribution is -0.142. The lowest BCUT2D eigenvalue weighted by atomic mass is 9.86. The average molecular weight is 376 g/mol. The monoisotopic (exact) mass is 375 g/mol. The predicted octanol–water partition coefficient (Wildman–Crippen LogP) is 3.98. The van der Waals surface area contributed by atoms with Gasteiger partial charge in [-0.1, -0.05) is 40.2 Å². The number of carboxylic acid groups (broad SMARTS) is 1. The number of hydrogen-bond donors (Lipinski definition) is 2. The fraction of sp³-hybridized carbons (Fsp3) is 0.333. The number of nitrogens with one attached hydrogen (secondary N) is 1. The van der Waals surface area contributed by atoms with Crippen molar-refractivity contribution in [2.75, 3.05) is 0 Å². The molecule has 2 aromatic carbocycles. The second-order valence-electron chi connectivity index (χ2n) is 6.03. The Balaban J connectivity index is 1.76. The van der Waals surface area contributed by atoms with Gasteiger partial charge in [0.05, 0.1) is 5.92 Å². The van der Waals surface area contributed by atoms with E-state index < -0.39 is 5.97 Å². The predicted molar refractivity (Wildman–Crippen MR) is 92.5 cm³/mol. The Morgan fingerprint density at radius 2 is 1.78 bits per heavy atom. The Labute approximate surface area is 143 Å². The molecule has 0 atom stereocenters. The topological polar surface area (TPSA) is 66.4 Å². The molecule has 0 bridgehead atoms. The molecule has 2 N–H and O–H groups in total. The van der Waals surface area contributed by atoms with Gasteiger partial charge in [-0.2, -0.15) is 0 Å². The first kappa shape index (κ1) is 16.0. The molecule has 3 rings (SSSR count). The fourth-order valence-corrected chi connectivity index (χ4v) is 3.69. The summed E-state index contributed by atoms with van der Waals surface area (Å²) in [4.78, 5) is 23.6. The molecule has 1 saturated carbocycles. The normalized spacial score (nSPS) is 21.1. The SMILES string of the molecule is O=C(NC1CCC(C(=O)O)CC1)c1cc(Br)cc2ccccc12. The molecule has 1 aliphatic rings. The highest BCUT2D eigenvalue weighted by Crippen LogP contribution is 2.27. The van der Waals surface area contributed by atoms with E-state index in [2.05, 4.69) is 21.2 Å². The number of carboxylic acids is 1. The highest BCUT2D eigenvalue weighted by atomic mass is 79.9. The largest absolute Gasteiger partial charge is 0.481 e. The number of carbonyl (C=O) groups excluding carboxylic acids is 1. The first-order valence-electron chi connectivity index (χ1n) is 7.76. The van der Waals surface area contributed by atoms with Crippen LogP contribution in [0.5, 0.6) is 0 Å². The molecule has 0 spiro atoms. The van der Waals surface area contributed by atoms with Gasteiger partial charge in [-0.25, -0.2) is 0 Å². The number of rotatable bonds is 3. The molecule has 2 aromatic rings. The van der Waals surface area contributed by atoms with E-state index in [0.29, 0.717) is 31.2 Å². The Bertz CT molecular complexity index is 751. The third kappa shape index (κ3) is 3.55. The van der Waals surface area contributed by atoms with Crippen LogP contribution >= 0.6 is 15.9 Å². The lowest BCUT2D eigenvalue weighted by Gasteiger charge is -2.27. The summed E-state index contributed by atoms with van der Waals surface area (Å²) in [6.07, 6.45) is 2.68. The van der Waals surface area contributed by atoms with Gasteiger partial charge in [-0.05, 0) is 48.6 Å². The van der Waals surface area contributed by atoms with E-state index in [1.165, 1.54) is 0 Å². The minimum atomic E-state index is -0.729. The molecule has 0 aromatic heterocycles. The fourth-order valence-electron chi connectivity index (χ4n) is 3.21. The molecule has 0 saturated heterocycles. The molecule has 23 heavy (non-hydrogen) atoms. The number of aliphatic carboxylic acids is 1. The van der Waals surface area contributed by atoms with Crippen LogP contribution in [0.15, 0.2) is 40.9 Å². The maximum atomic E-state index is 12.6. The van der Waals surface area contributed by atoms with E-state index in [4.69, 9.17) is 5.11 Å². The van der Waals surface area contributed by atoms with Gasteiger partial charge < -0.3 is 10.4 Å². The second kappa shape index (κ2) is 6.71. The van der Waals surface area contributed by atoms with Crippen molar-refractivity contribution >= 4 is 38.6 Å². The lowest BCUT2D eigenvalue weighted by Crippen LogP contribution is -2.38. The number of hydrogen-bond acceptors (Lipinski definition) is 2. The van der Waals surface area contributed by atoms with Crippen LogP contribution in [0.4, 0.5) is 0 Å². The Morgan fingerprint density at radius 3 is 2.48 bits per heavy atom. The quantitative estimate of drug-likeness (QED) is 0.852. The van der Waals surface area contributed by atoms with Crippen LogP contribution in [0.2, 0.25) is 0 Å². The number of fused-ring (bicyclic) bond motifs is 1. The molecule has 0 heterocycles. The summed E-state index contributed by atoms with van der Waals surface area (Å²) in [7, 11) is 0. The van der Waals surface area contributed by atoms with Gasteiger partial charge in [0, 0.05) is 16.1 Å². The van der Waals surface area contributed by atoms with Crippen molar-refractivity contribution in [3.8, 4) is 0 Å². The molecule has 1 aliphatic carbocycles. The maximum absolute atomic E-state index is 12.6. The molecule has 0 radical (unpaired) electrons. The van der Waals surface area contributed by atoms with Crippen molar-refractivity contribution in [2.24, 2.45) is 5.92 Å². The highest BCUT2D eigenvalue weighted by Gasteiger charge is 2.27. The van der Waals surface area contributed by atoms with E-state index in [1.54, 1.807) is 0 Å². The minimum Gasteiger partial charge on any atom is -0.481 e. The van der Waals surface area contributed by atoms with Crippen molar-refractivity contribution in [2.45, 2.75) is 31.7 Å². The summed E-state index contributed by atoms with van der Waals surface area (Å²) in [5.74, 6) is -1.09. The van der Waals surface area contributed by atoms with Crippen molar-refractivity contribution in [1.82, 2.24) is 5.32 Å². The zero-order valence-corrected chi connectivity index (χ0v) is 14.2. The van der Waals surface area contributed by atoms with E-state index >= 15 is 0 Å². The molecule has 4 nitrogen and oxygen atoms in total. The van der Waals surface area contributed by atoms with Gasteiger partial charge in [0.1, 0.15) is 0 Å². The molecule has 1 amide bonds. The summed E-state index contributed by atoms with van der Waals surface area (Å²) < 4.78 is 0.871. The first-order valence-corrected chi connectivity index (χ1v) is 8.56. The summed E-state index contributed by atoms with van der Waals surface area (Å²) in [6, 6.07) is 11.7. The summed E-state index contributed by atoms with van der Waals surface area (Å²) in [5.41, 5.74) is 0.648. The van der Waals surface area contributed by atoms with Gasteiger partial charge in [0.2, 0.25) is 0 Å². The van der Waals surface area contributed by atoms with Gasteiger partial charge in [0.15, 0.2) is 0 Å². The van der Waals surface area contributed by atoms with Crippen LogP contribution in [0.25, 0.3) is 10.8 Å². The molecular weight excluding hydrogens is 358 g/mol. The van der Waals surface area contributed by atoms with E-state index in [-0.39, 0.29) is 17.9 Å². The molecule has 120 valence electrons. The van der Waals surface area contributed by atoms with E-state index in [0.717, 1.165) is 15.2 Å². The smallest absolute Gasteiger partial charge is 0.306 e. The first-order chi connectivity index (χ1) is 11.0. The molecule has 1 fully saturated rings. The van der Waals surface area contributed by atoms with Gasteiger partial charge >= 0.3 is 5.97 Å². The van der Waals surface area contributed by atoms with Crippen LogP contribution in [0.3, 0.4) is 0 Å². The Kier molecular flexibility index (Phi) is 4.66. The van der Waals surface area contributed by atoms with Crippen molar-refractivity contribution in [1.29, 1.82) is 0 Å². The number of amides is 1. The van der Waals surface area contributed by atoms with Gasteiger partial charge in [-0.15, -0.1) is 0 Å². The van der Waals surface area contributed by atoms with Crippen molar-refractivity contribution in [3.63, 3.8) is 0 Å². The van der Waals surface area contributed by atoms with E-state index in [1.807, 2.05) is 36.4 Å². The number of carbonyl (C=O) groups is 2. The highest BCUT2D eigenvalue weighted by molar-refractivity contribution is 9.10. The van der Waals surface area contributed by atoms with Crippen LogP contribution in [0.1, 0.15) is 36.0 Å². The second-order valence-corrected chi connectivity index (χ2v) is 6.95. The molecular formula is C18H18BrNO3. The van der Waals surface area contributed by atoms with Crippen LogP contribution in [0, 0.1) is 5.92 Å². The standard InChI is InChI=1S/C18H18BrNO3/c19-13-9-12-3-1-2-4-15(12)16(10-13)17(21)20-14-7-5-11(6-8-14)18(22)23/h1-4,9-11,14H,5-8H2,(H,20,21)(H,22,23). The third-order valence-corrected chi connectivity index (χ3v) is 4.94. The van der Waals surface area contributed by atoms with Gasteiger partial charge in [-0.3, -0.25) is 9.59 Å². The average Bonchev–Trinajstić information content (AvgIpc) is 2.54. The summed E-state index contributed by atoms with van der Waals surface area (Å²) in [5, 5.41) is 14.0. The number of halogens is 1. The van der Waals surface area contributed by atoms with Crippen molar-refractivity contribution < 1.29 is 14.7 Å². The Morgan fingerprint density at radius 1 is 1.09 bits per heavy atom. The summed E-state index contributed by atoms with van der Waals surface area (Å²) in [6.45, 7) is 0. The van der Waals surface area contributed by atoms with Crippen LogP contribution in [-0.4, -0.2) is 23.0 Å². The minimum absolute atomic E-state index is 0.0517. The maximum Gasteiger partial charge on any atom is 0.306 e. The van der Waals surface area contributed by atoms with Crippen LogP contribution < -0.4 is 5.32 Å². The van der Waals surface area contributed by atoms with E-state index in [9.17, 15) is 9.59 Å². The van der Waals surface area contributed by atoms with Gasteiger partial charge in [0.25, 0.3) is 5.91 Å². The van der Waals surface area contributed by atoms with Crippen molar-refractivity contribution in [3.05, 3.63) is 46.4 Å². The molecule has 0 aliphatic heterocycles. The Hall–Kier alpha value is -1.88. The molecule has 0 unspecified atom stereocenters. The third-order valence-electron chi connectivity index (χ3n) is 4.48. The zero-order valence-electron chi connectivity index (χ0n) is 12.6. The molecule has 5 heteroatoms.